The summed E-state index contributed by atoms with van der Waals surface area (Å²) in [4.78, 5) is 19.7. The van der Waals surface area contributed by atoms with Gasteiger partial charge >= 0.3 is 12.1 Å². The summed E-state index contributed by atoms with van der Waals surface area (Å²) < 4.78 is 7.91. The van der Waals surface area contributed by atoms with Gasteiger partial charge in [0.05, 0.1) is 7.11 Å². The second kappa shape index (κ2) is 3.71. The maximum Gasteiger partial charge on any atom is 0.506 e. The number of methoxy groups -OCH3 is 1. The fourth-order valence-corrected chi connectivity index (χ4v) is 0.180. The lowest BCUT2D eigenvalue weighted by molar-refractivity contribution is -0.144. The molecule has 0 aromatic carbocycles. The molecule has 0 aliphatic carbocycles. The number of carbonyl (C=O) groups excluding carboxylic acids is 1. The number of rotatable bonds is 2. The molecule has 0 aromatic heterocycles. The Morgan fingerprint density at radius 1 is 1.56 bits per heavy atom. The number of esters is 1. The molecule has 1 N–H and O–H groups in total. The van der Waals surface area contributed by atoms with E-state index in [1.165, 1.54) is 0 Å². The van der Waals surface area contributed by atoms with E-state index in [4.69, 9.17) is 5.11 Å². The number of carboxylic acid groups (broad SMARTS) is 1. The molecule has 0 bridgehead atoms. The van der Waals surface area contributed by atoms with Gasteiger partial charge in [0.2, 0.25) is 0 Å². The molecule has 0 heterocycles. The van der Waals surface area contributed by atoms with Gasteiger partial charge < -0.3 is 14.6 Å². The van der Waals surface area contributed by atoms with E-state index in [2.05, 4.69) is 9.47 Å². The minimum atomic E-state index is -1.49. The predicted molar refractivity (Wildman–Crippen MR) is 26.0 cm³/mol. The highest BCUT2D eigenvalue weighted by molar-refractivity contribution is 5.73. The Morgan fingerprint density at radius 3 is 2.44 bits per heavy atom. The van der Waals surface area contributed by atoms with Gasteiger partial charge in [-0.1, -0.05) is 0 Å². The summed E-state index contributed by atoms with van der Waals surface area (Å²) in [6.45, 7) is -0.550. The predicted octanol–water partition coefficient (Wildman–Crippen LogP) is -0.146. The van der Waals surface area contributed by atoms with Gasteiger partial charge in [-0.15, -0.1) is 0 Å². The molecule has 0 aliphatic heterocycles. The topological polar surface area (TPSA) is 72.8 Å². The van der Waals surface area contributed by atoms with Crippen LogP contribution in [0.5, 0.6) is 0 Å². The molecule has 5 nitrogen and oxygen atoms in total. The molecule has 52 valence electrons. The Bertz CT molecular complexity index is 118. The van der Waals surface area contributed by atoms with Gasteiger partial charge in [-0.2, -0.15) is 0 Å². The zero-order valence-electron chi connectivity index (χ0n) is 4.79. The second-order valence-corrected chi connectivity index (χ2v) is 1.13. The van der Waals surface area contributed by atoms with Crippen molar-refractivity contribution in [1.29, 1.82) is 0 Å². The lowest BCUT2D eigenvalue weighted by Crippen LogP contribution is -2.13. The first-order valence-electron chi connectivity index (χ1n) is 2.09. The van der Waals surface area contributed by atoms with Gasteiger partial charge in [0.1, 0.15) is 0 Å². The summed E-state index contributed by atoms with van der Waals surface area (Å²) >= 11 is 0. The van der Waals surface area contributed by atoms with Gasteiger partial charge in [-0.05, 0) is 0 Å². The number of ether oxygens (including phenoxy) is 2. The van der Waals surface area contributed by atoms with E-state index in [1.807, 2.05) is 0 Å². The Labute approximate surface area is 51.2 Å². The number of hydrogen-bond acceptors (Lipinski definition) is 4. The average molecular weight is 134 g/mol. The van der Waals surface area contributed by atoms with E-state index >= 15 is 0 Å². The summed E-state index contributed by atoms with van der Waals surface area (Å²) in [5, 5.41) is 7.83. The van der Waals surface area contributed by atoms with Gasteiger partial charge in [-0.25, -0.2) is 9.59 Å². The first kappa shape index (κ1) is 7.74. The Morgan fingerprint density at radius 2 is 2.11 bits per heavy atom. The van der Waals surface area contributed by atoms with Crippen LogP contribution >= 0.6 is 0 Å². The smallest absolute Gasteiger partial charge is 0.466 e. The minimum Gasteiger partial charge on any atom is -0.466 e. The molecular weight excluding hydrogens is 128 g/mol. The van der Waals surface area contributed by atoms with Crippen LogP contribution in [0.4, 0.5) is 4.79 Å². The third-order valence-corrected chi connectivity index (χ3v) is 0.541. The van der Waals surface area contributed by atoms with Crippen molar-refractivity contribution in [1.82, 2.24) is 0 Å². The van der Waals surface area contributed by atoms with Crippen molar-refractivity contribution in [3.05, 3.63) is 0 Å². The molecule has 0 atom stereocenters. The van der Waals surface area contributed by atoms with Gasteiger partial charge in [-0.3, -0.25) is 0 Å². The molecule has 0 amide bonds. The lowest BCUT2D eigenvalue weighted by atomic mass is 10.7. The van der Waals surface area contributed by atoms with Crippen molar-refractivity contribution in [2.24, 2.45) is 0 Å². The van der Waals surface area contributed by atoms with Crippen LogP contribution in [0.3, 0.4) is 0 Å². The third kappa shape index (κ3) is 4.60. The molecule has 5 heteroatoms. The maximum atomic E-state index is 10.1. The normalized spacial score (nSPS) is 8.11. The van der Waals surface area contributed by atoms with E-state index in [9.17, 15) is 9.59 Å². The number of carbonyl (C=O) groups is 2. The molecule has 0 aliphatic rings. The zero-order valence-corrected chi connectivity index (χ0v) is 4.79. The summed E-state index contributed by atoms with van der Waals surface area (Å²) in [6, 6.07) is 0. The highest BCUT2D eigenvalue weighted by Gasteiger charge is 2.02. The monoisotopic (exact) mass is 134 g/mol. The highest BCUT2D eigenvalue weighted by Crippen LogP contribution is 1.78. The molecule has 0 unspecified atom stereocenters. The van der Waals surface area contributed by atoms with Gasteiger partial charge in [0, 0.05) is 0 Å². The van der Waals surface area contributed by atoms with Crippen molar-refractivity contribution < 1.29 is 24.2 Å². The van der Waals surface area contributed by atoms with E-state index in [0.29, 0.717) is 0 Å². The van der Waals surface area contributed by atoms with Crippen molar-refractivity contribution >= 4 is 12.1 Å². The van der Waals surface area contributed by atoms with E-state index in [0.717, 1.165) is 7.11 Å². The van der Waals surface area contributed by atoms with Crippen LogP contribution in [-0.4, -0.2) is 30.9 Å². The second-order valence-electron chi connectivity index (χ2n) is 1.13. The molecule has 0 fully saturated rings. The van der Waals surface area contributed by atoms with Crippen molar-refractivity contribution in [2.45, 2.75) is 0 Å². The van der Waals surface area contributed by atoms with Crippen LogP contribution < -0.4 is 0 Å². The van der Waals surface area contributed by atoms with Crippen molar-refractivity contribution in [2.75, 3.05) is 13.7 Å². The Kier molecular flexibility index (Phi) is 3.19. The average Bonchev–Trinajstić information content (AvgIpc) is 1.83. The molecule has 0 aromatic rings. The summed E-state index contributed by atoms with van der Waals surface area (Å²) in [5.41, 5.74) is 0. The molecule has 9 heavy (non-hydrogen) atoms. The summed E-state index contributed by atoms with van der Waals surface area (Å²) in [7, 11) is 1.15. The molecule has 0 spiro atoms. The summed E-state index contributed by atoms with van der Waals surface area (Å²) in [6.07, 6.45) is -1.49. The van der Waals surface area contributed by atoms with Gasteiger partial charge in [0.25, 0.3) is 0 Å². The van der Waals surface area contributed by atoms with Crippen molar-refractivity contribution in [3.63, 3.8) is 0 Å². The van der Waals surface area contributed by atoms with E-state index in [-0.39, 0.29) is 0 Å². The minimum absolute atomic E-state index is 0.550. The van der Waals surface area contributed by atoms with Crippen LogP contribution in [0.25, 0.3) is 0 Å². The SMILES string of the molecule is COC(=O)COC(=O)O. The van der Waals surface area contributed by atoms with Crippen molar-refractivity contribution in [3.8, 4) is 0 Å². The highest BCUT2D eigenvalue weighted by atomic mass is 16.7. The zero-order chi connectivity index (χ0) is 7.28. The molecule has 0 saturated carbocycles. The Balaban J connectivity index is 3.28. The lowest BCUT2D eigenvalue weighted by Gasteiger charge is -1.95. The molecular formula is C4H6O5. The van der Waals surface area contributed by atoms with Crippen LogP contribution in [0.15, 0.2) is 0 Å². The Hall–Kier alpha value is -1.26. The third-order valence-electron chi connectivity index (χ3n) is 0.541. The first-order chi connectivity index (χ1) is 4.16. The first-order valence-corrected chi connectivity index (χ1v) is 2.09. The van der Waals surface area contributed by atoms with E-state index < -0.39 is 18.7 Å². The fourth-order valence-electron chi connectivity index (χ4n) is 0.180. The fraction of sp³-hybridized carbons (Fsp3) is 0.500. The molecule has 0 radical (unpaired) electrons. The van der Waals surface area contributed by atoms with Crippen LogP contribution in [-0.2, 0) is 14.3 Å². The van der Waals surface area contributed by atoms with Crippen LogP contribution in [0.2, 0.25) is 0 Å². The largest absolute Gasteiger partial charge is 0.506 e. The molecule has 0 saturated heterocycles. The van der Waals surface area contributed by atoms with Crippen LogP contribution in [0.1, 0.15) is 0 Å². The van der Waals surface area contributed by atoms with Gasteiger partial charge in [0.15, 0.2) is 6.61 Å². The quantitative estimate of drug-likeness (QED) is 0.532. The number of hydrogen-bond donors (Lipinski definition) is 1. The molecule has 0 rings (SSSR count). The van der Waals surface area contributed by atoms with Crippen LogP contribution in [0, 0.1) is 0 Å². The standard InChI is InChI=1S/C4H6O5/c1-8-3(5)2-9-4(6)7/h2H2,1H3,(H,6,7). The summed E-state index contributed by atoms with van der Waals surface area (Å²) in [5.74, 6) is -0.711. The maximum absolute atomic E-state index is 10.1. The van der Waals surface area contributed by atoms with E-state index in [1.54, 1.807) is 0 Å².